The number of hydrogen-bond acceptors (Lipinski definition) is 5. The van der Waals surface area contributed by atoms with Crippen LogP contribution < -0.4 is 5.43 Å². The molecule has 0 aliphatic heterocycles. The van der Waals surface area contributed by atoms with Gasteiger partial charge in [0.05, 0.1) is 11.1 Å². The van der Waals surface area contributed by atoms with Gasteiger partial charge in [-0.3, -0.25) is 15.5 Å². The van der Waals surface area contributed by atoms with E-state index in [1.54, 1.807) is 12.3 Å². The molecule has 0 saturated heterocycles. The van der Waals surface area contributed by atoms with Gasteiger partial charge < -0.3 is 4.57 Å². The molecule has 2 aromatic heterocycles. The van der Waals surface area contributed by atoms with Gasteiger partial charge in [-0.2, -0.15) is 5.10 Å². The molecule has 2 heterocycles. The highest BCUT2D eigenvalue weighted by atomic mass is 19.1. The van der Waals surface area contributed by atoms with Crippen LogP contribution in [0.15, 0.2) is 78.2 Å². The predicted molar refractivity (Wildman–Crippen MR) is 110 cm³/mol. The van der Waals surface area contributed by atoms with Crippen LogP contribution >= 0.6 is 0 Å². The average molecular weight is 389 g/mol. The van der Waals surface area contributed by atoms with Crippen LogP contribution in [-0.4, -0.2) is 20.7 Å². The van der Waals surface area contributed by atoms with Gasteiger partial charge in [0.15, 0.2) is 0 Å². The maximum absolute atomic E-state index is 13.4. The number of pyridine rings is 1. The van der Waals surface area contributed by atoms with Crippen molar-refractivity contribution in [2.45, 2.75) is 6.54 Å². The van der Waals surface area contributed by atoms with Gasteiger partial charge >= 0.3 is 5.69 Å². The van der Waals surface area contributed by atoms with Crippen LogP contribution in [0.1, 0.15) is 11.1 Å². The first kappa shape index (κ1) is 18.3. The van der Waals surface area contributed by atoms with Crippen molar-refractivity contribution in [3.05, 3.63) is 100 Å². The van der Waals surface area contributed by atoms with E-state index < -0.39 is 4.92 Å². The molecule has 0 unspecified atom stereocenters. The summed E-state index contributed by atoms with van der Waals surface area (Å²) in [6.45, 7) is 0.569. The minimum absolute atomic E-state index is 0.0797. The Morgan fingerprint density at radius 3 is 2.90 bits per heavy atom. The summed E-state index contributed by atoms with van der Waals surface area (Å²) in [4.78, 5) is 14.4. The molecule has 8 heteroatoms. The number of hydrazone groups is 1. The van der Waals surface area contributed by atoms with Gasteiger partial charge in [0.1, 0.15) is 5.82 Å². The highest BCUT2D eigenvalue weighted by Crippen LogP contribution is 2.21. The molecule has 0 radical (unpaired) electrons. The van der Waals surface area contributed by atoms with E-state index in [1.807, 2.05) is 41.1 Å². The number of hydrogen-bond donors (Lipinski definition) is 1. The highest BCUT2D eigenvalue weighted by molar-refractivity contribution is 5.89. The van der Waals surface area contributed by atoms with E-state index in [1.165, 1.54) is 30.5 Å². The van der Waals surface area contributed by atoms with Crippen molar-refractivity contribution in [3.63, 3.8) is 0 Å². The van der Waals surface area contributed by atoms with Crippen molar-refractivity contribution in [1.29, 1.82) is 0 Å². The zero-order valence-electron chi connectivity index (χ0n) is 15.2. The topological polar surface area (TPSA) is 85.3 Å². The molecule has 0 bridgehead atoms. The lowest BCUT2D eigenvalue weighted by molar-refractivity contribution is -0.384. The minimum Gasteiger partial charge on any atom is -0.343 e. The van der Waals surface area contributed by atoms with Crippen molar-refractivity contribution in [2.24, 2.45) is 5.10 Å². The molecule has 0 saturated carbocycles. The third-order valence-electron chi connectivity index (χ3n) is 4.40. The average Bonchev–Trinajstić information content (AvgIpc) is 3.10. The number of fused-ring (bicyclic) bond motifs is 1. The van der Waals surface area contributed by atoms with E-state index in [9.17, 15) is 14.5 Å². The Balaban J connectivity index is 1.51. The Morgan fingerprint density at radius 2 is 2.07 bits per heavy atom. The SMILES string of the molecule is O=[N+]([O-])c1cccnc1N/N=C/c1ccc2c(ccn2Cc2cccc(F)c2)c1. The zero-order chi connectivity index (χ0) is 20.2. The van der Waals surface area contributed by atoms with Gasteiger partial charge in [0, 0.05) is 35.9 Å². The molecule has 0 aliphatic carbocycles. The maximum atomic E-state index is 13.4. The lowest BCUT2D eigenvalue weighted by Gasteiger charge is -2.06. The Labute approximate surface area is 165 Å². The number of rotatable bonds is 6. The van der Waals surface area contributed by atoms with Gasteiger partial charge in [-0.1, -0.05) is 18.2 Å². The fourth-order valence-corrected chi connectivity index (χ4v) is 3.07. The molecule has 2 aromatic carbocycles. The van der Waals surface area contributed by atoms with Crippen molar-refractivity contribution < 1.29 is 9.31 Å². The van der Waals surface area contributed by atoms with Gasteiger partial charge in [-0.05, 0) is 47.5 Å². The Morgan fingerprint density at radius 1 is 1.17 bits per heavy atom. The minimum atomic E-state index is -0.516. The van der Waals surface area contributed by atoms with E-state index >= 15 is 0 Å². The molecule has 4 aromatic rings. The number of anilines is 1. The predicted octanol–water partition coefficient (Wildman–Crippen LogP) is 4.58. The van der Waals surface area contributed by atoms with Gasteiger partial charge in [0.25, 0.3) is 0 Å². The first-order chi connectivity index (χ1) is 14.1. The van der Waals surface area contributed by atoms with Crippen LogP contribution in [0.2, 0.25) is 0 Å². The fourth-order valence-electron chi connectivity index (χ4n) is 3.07. The lowest BCUT2D eigenvalue weighted by atomic mass is 10.1. The molecule has 0 fully saturated rings. The Kier molecular flexibility index (Phi) is 4.98. The van der Waals surface area contributed by atoms with Crippen LogP contribution in [0.5, 0.6) is 0 Å². The molecule has 7 nitrogen and oxygen atoms in total. The van der Waals surface area contributed by atoms with Gasteiger partial charge in [-0.15, -0.1) is 0 Å². The summed E-state index contributed by atoms with van der Waals surface area (Å²) in [7, 11) is 0. The van der Waals surface area contributed by atoms with E-state index in [2.05, 4.69) is 15.5 Å². The normalized spacial score (nSPS) is 11.2. The molecule has 1 N–H and O–H groups in total. The summed E-state index contributed by atoms with van der Waals surface area (Å²) in [5.41, 5.74) is 5.19. The second kappa shape index (κ2) is 7.89. The first-order valence-electron chi connectivity index (χ1n) is 8.82. The lowest BCUT2D eigenvalue weighted by Crippen LogP contribution is -1.99. The van der Waals surface area contributed by atoms with Crippen LogP contribution in [0, 0.1) is 15.9 Å². The summed E-state index contributed by atoms with van der Waals surface area (Å²) in [5, 5.41) is 16.1. The summed E-state index contributed by atoms with van der Waals surface area (Å²) in [6.07, 6.45) is 4.98. The molecule has 4 rings (SSSR count). The van der Waals surface area contributed by atoms with Gasteiger partial charge in [-0.25, -0.2) is 9.37 Å². The maximum Gasteiger partial charge on any atom is 0.313 e. The third-order valence-corrected chi connectivity index (χ3v) is 4.40. The van der Waals surface area contributed by atoms with E-state index in [0.29, 0.717) is 6.54 Å². The monoisotopic (exact) mass is 389 g/mol. The number of nitrogens with one attached hydrogen (secondary N) is 1. The largest absolute Gasteiger partial charge is 0.343 e. The fraction of sp³-hybridized carbons (Fsp3) is 0.0476. The van der Waals surface area contributed by atoms with Crippen molar-refractivity contribution in [1.82, 2.24) is 9.55 Å². The Bertz CT molecular complexity index is 1220. The van der Waals surface area contributed by atoms with E-state index in [-0.39, 0.29) is 17.3 Å². The molecule has 0 aliphatic rings. The Hall–Kier alpha value is -4.07. The molecule has 29 heavy (non-hydrogen) atoms. The summed E-state index contributed by atoms with van der Waals surface area (Å²) < 4.78 is 15.4. The second-order valence-corrected chi connectivity index (χ2v) is 6.39. The second-order valence-electron chi connectivity index (χ2n) is 6.39. The number of benzene rings is 2. The number of nitrogens with zero attached hydrogens (tertiary/aromatic N) is 4. The standard InChI is InChI=1S/C21H16FN5O2/c22-18-4-1-3-16(12-18)14-26-10-8-17-11-15(6-7-19(17)26)13-24-25-21-20(27(28)29)5-2-9-23-21/h1-13H,14H2,(H,23,25)/b24-13+. The third kappa shape index (κ3) is 4.11. The van der Waals surface area contributed by atoms with Crippen LogP contribution in [-0.2, 0) is 6.54 Å². The summed E-state index contributed by atoms with van der Waals surface area (Å²) >= 11 is 0. The van der Waals surface area contributed by atoms with E-state index in [0.717, 1.165) is 22.0 Å². The van der Waals surface area contributed by atoms with Crippen molar-refractivity contribution >= 4 is 28.6 Å². The van der Waals surface area contributed by atoms with E-state index in [4.69, 9.17) is 0 Å². The molecule has 0 spiro atoms. The van der Waals surface area contributed by atoms with Crippen LogP contribution in [0.3, 0.4) is 0 Å². The van der Waals surface area contributed by atoms with Crippen molar-refractivity contribution in [3.8, 4) is 0 Å². The summed E-state index contributed by atoms with van der Waals surface area (Å²) in [5.74, 6) is -0.172. The zero-order valence-corrected chi connectivity index (χ0v) is 15.2. The highest BCUT2D eigenvalue weighted by Gasteiger charge is 2.12. The molecule has 0 atom stereocenters. The molecule has 144 valence electrons. The quantitative estimate of drug-likeness (QED) is 0.297. The number of halogens is 1. The molecule has 0 amide bonds. The summed E-state index contributed by atoms with van der Waals surface area (Å²) in [6, 6.07) is 17.2. The smallest absolute Gasteiger partial charge is 0.313 e. The number of aromatic nitrogens is 2. The van der Waals surface area contributed by atoms with Crippen LogP contribution in [0.25, 0.3) is 10.9 Å². The number of nitro groups is 1. The molecular weight excluding hydrogens is 373 g/mol. The van der Waals surface area contributed by atoms with Crippen LogP contribution in [0.4, 0.5) is 15.9 Å². The van der Waals surface area contributed by atoms with Gasteiger partial charge in [0.2, 0.25) is 5.82 Å². The first-order valence-corrected chi connectivity index (χ1v) is 8.82. The molecular formula is C21H16FN5O2. The van der Waals surface area contributed by atoms with Crippen molar-refractivity contribution in [2.75, 3.05) is 5.43 Å².